The Morgan fingerprint density at radius 3 is 1.26 bits per heavy atom. The molecule has 0 spiro atoms. The SMILES string of the molecule is CCCCC/C=C\C/C=C\C/C=C\CCCCCCCCCCCCCC(O)C(=O)NC(COC1OC(CO)C(O)C(O)C1OC(=O)CCCCCCCCCCC/C=C/CCCCCCCC)C(O)/C=C/CCCCCCCCCCCC. The first kappa shape index (κ1) is 79.4. The van der Waals surface area contributed by atoms with Gasteiger partial charge in [-0.05, 0) is 89.9 Å². The highest BCUT2D eigenvalue weighted by Crippen LogP contribution is 2.26. The standard InChI is InChI=1S/C73H133NO10/c1-4-7-10-13-16-19-22-25-27-29-31-32-33-34-35-37-38-40-42-45-48-51-54-57-60-66(77)72(81)74-64(65(76)59-56-53-50-47-44-24-21-18-15-12-9-6-3)63-82-73-71(70(80)69(79)67(62-75)83-73)84-68(78)61-58-55-52-49-46-43-41-39-36-30-28-26-23-20-17-14-11-8-5-2/h16,19,25-28,31-32,56,59,64-67,69-71,73,75-77,79-80H,4-15,17-18,20-24,29-30,33-55,57-58,60-63H2,1-3H3,(H,74,81)/b19-16-,27-25-,28-26+,32-31-,59-56+. The minimum Gasteiger partial charge on any atom is -0.454 e. The van der Waals surface area contributed by atoms with Gasteiger partial charge < -0.3 is 45.1 Å². The van der Waals surface area contributed by atoms with Crippen molar-refractivity contribution < 1.29 is 49.3 Å². The second-order valence-electron chi connectivity index (χ2n) is 24.6. The number of amides is 1. The first-order valence-electron chi connectivity index (χ1n) is 35.6. The van der Waals surface area contributed by atoms with E-state index in [2.05, 4.69) is 74.7 Å². The van der Waals surface area contributed by atoms with Crippen LogP contribution in [0.5, 0.6) is 0 Å². The molecule has 1 amide bonds. The molecule has 11 heteroatoms. The summed E-state index contributed by atoms with van der Waals surface area (Å²) in [6.45, 7) is 5.79. The summed E-state index contributed by atoms with van der Waals surface area (Å²) in [5.74, 6) is -1.19. The molecular weight excluding hydrogens is 1050 g/mol. The van der Waals surface area contributed by atoms with Gasteiger partial charge in [0.05, 0.1) is 25.4 Å². The molecule has 490 valence electrons. The van der Waals surface area contributed by atoms with Crippen LogP contribution >= 0.6 is 0 Å². The fourth-order valence-corrected chi connectivity index (χ4v) is 11.0. The van der Waals surface area contributed by atoms with E-state index in [1.807, 2.05) is 6.08 Å². The molecule has 11 nitrogen and oxygen atoms in total. The van der Waals surface area contributed by atoms with Crippen LogP contribution in [0.1, 0.15) is 329 Å². The van der Waals surface area contributed by atoms with Gasteiger partial charge in [0.25, 0.3) is 0 Å². The molecular formula is C73H133NO10. The number of nitrogens with one attached hydrogen (secondary N) is 1. The number of hydrogen-bond donors (Lipinski definition) is 6. The van der Waals surface area contributed by atoms with Crippen molar-refractivity contribution >= 4 is 11.9 Å². The largest absolute Gasteiger partial charge is 0.454 e. The first-order chi connectivity index (χ1) is 41.2. The van der Waals surface area contributed by atoms with Crippen LogP contribution < -0.4 is 5.32 Å². The summed E-state index contributed by atoms with van der Waals surface area (Å²) in [5, 5.41) is 57.2. The molecule has 8 atom stereocenters. The summed E-state index contributed by atoms with van der Waals surface area (Å²) < 4.78 is 17.7. The summed E-state index contributed by atoms with van der Waals surface area (Å²) in [4.78, 5) is 26.7. The summed E-state index contributed by atoms with van der Waals surface area (Å²) in [5.41, 5.74) is 0. The zero-order valence-corrected chi connectivity index (χ0v) is 54.5. The highest BCUT2D eigenvalue weighted by atomic mass is 16.7. The number of allylic oxidation sites excluding steroid dienone is 9. The molecule has 1 aliphatic heterocycles. The van der Waals surface area contributed by atoms with Crippen molar-refractivity contribution in [1.82, 2.24) is 5.32 Å². The lowest BCUT2D eigenvalue weighted by Crippen LogP contribution is -2.61. The quantitative estimate of drug-likeness (QED) is 0.0195. The van der Waals surface area contributed by atoms with Crippen molar-refractivity contribution in [1.29, 1.82) is 0 Å². The van der Waals surface area contributed by atoms with Crippen LogP contribution in [0.4, 0.5) is 0 Å². The Kier molecular flexibility index (Phi) is 57.3. The van der Waals surface area contributed by atoms with E-state index in [0.29, 0.717) is 12.8 Å². The third kappa shape index (κ3) is 47.4. The fourth-order valence-electron chi connectivity index (χ4n) is 11.0. The van der Waals surface area contributed by atoms with Crippen LogP contribution in [0, 0.1) is 0 Å². The van der Waals surface area contributed by atoms with Gasteiger partial charge in [-0.15, -0.1) is 0 Å². The maximum atomic E-state index is 13.5. The van der Waals surface area contributed by atoms with Crippen LogP contribution in [0.2, 0.25) is 0 Å². The number of hydrogen-bond acceptors (Lipinski definition) is 10. The van der Waals surface area contributed by atoms with E-state index in [-0.39, 0.29) is 19.4 Å². The Morgan fingerprint density at radius 2 is 0.821 bits per heavy atom. The zero-order valence-electron chi connectivity index (χ0n) is 54.5. The van der Waals surface area contributed by atoms with Gasteiger partial charge in [-0.1, -0.05) is 293 Å². The van der Waals surface area contributed by atoms with Gasteiger partial charge in [0, 0.05) is 6.42 Å². The van der Waals surface area contributed by atoms with Crippen molar-refractivity contribution in [2.24, 2.45) is 0 Å². The number of aliphatic hydroxyl groups is 5. The molecule has 0 aromatic rings. The summed E-state index contributed by atoms with van der Waals surface area (Å²) >= 11 is 0. The lowest BCUT2D eigenvalue weighted by molar-refractivity contribution is -0.305. The third-order valence-corrected chi connectivity index (χ3v) is 16.6. The number of ether oxygens (including phenoxy) is 3. The fraction of sp³-hybridized carbons (Fsp3) is 0.836. The first-order valence-corrected chi connectivity index (χ1v) is 35.6. The lowest BCUT2D eigenvalue weighted by Gasteiger charge is -2.41. The van der Waals surface area contributed by atoms with E-state index in [1.54, 1.807) is 6.08 Å². The lowest BCUT2D eigenvalue weighted by atomic mass is 9.99. The topological polar surface area (TPSA) is 175 Å². The molecule has 0 radical (unpaired) electrons. The van der Waals surface area contributed by atoms with E-state index >= 15 is 0 Å². The highest BCUT2D eigenvalue weighted by Gasteiger charge is 2.47. The molecule has 6 N–H and O–H groups in total. The normalized spacial score (nSPS) is 18.8. The van der Waals surface area contributed by atoms with Crippen molar-refractivity contribution in [2.45, 2.75) is 378 Å². The second-order valence-corrected chi connectivity index (χ2v) is 24.6. The summed E-state index contributed by atoms with van der Waals surface area (Å²) in [6, 6.07) is -1.03. The molecule has 0 aliphatic carbocycles. The molecule has 8 unspecified atom stereocenters. The number of esters is 1. The van der Waals surface area contributed by atoms with Gasteiger partial charge in [0.2, 0.25) is 5.91 Å². The van der Waals surface area contributed by atoms with Crippen LogP contribution in [-0.4, -0.2) is 99.6 Å². The minimum atomic E-state index is -1.62. The Hall–Kier alpha value is -2.64. The molecule has 1 saturated heterocycles. The van der Waals surface area contributed by atoms with Gasteiger partial charge in [-0.3, -0.25) is 9.59 Å². The zero-order chi connectivity index (χ0) is 61.0. The van der Waals surface area contributed by atoms with Crippen molar-refractivity contribution in [3.8, 4) is 0 Å². The van der Waals surface area contributed by atoms with E-state index in [4.69, 9.17) is 14.2 Å². The summed E-state index contributed by atoms with van der Waals surface area (Å²) in [6.07, 6.45) is 66.8. The van der Waals surface area contributed by atoms with E-state index in [0.717, 1.165) is 77.0 Å². The molecule has 1 fully saturated rings. The number of carbonyl (C=O) groups is 2. The molecule has 0 aromatic carbocycles. The average molecular weight is 1180 g/mol. The van der Waals surface area contributed by atoms with Gasteiger partial charge in [-0.2, -0.15) is 0 Å². The summed E-state index contributed by atoms with van der Waals surface area (Å²) in [7, 11) is 0. The monoisotopic (exact) mass is 1180 g/mol. The van der Waals surface area contributed by atoms with Gasteiger partial charge in [0.15, 0.2) is 12.4 Å². The van der Waals surface area contributed by atoms with Gasteiger partial charge in [0.1, 0.15) is 24.4 Å². The number of rotatable bonds is 61. The van der Waals surface area contributed by atoms with E-state index in [9.17, 15) is 35.1 Å². The Balaban J connectivity index is 2.58. The number of aliphatic hydroxyl groups excluding tert-OH is 5. The predicted octanol–water partition coefficient (Wildman–Crippen LogP) is 18.1. The molecule has 1 rings (SSSR count). The second kappa shape index (κ2) is 60.6. The van der Waals surface area contributed by atoms with Crippen molar-refractivity contribution in [2.75, 3.05) is 13.2 Å². The average Bonchev–Trinajstić information content (AvgIpc) is 3.54. The number of unbranched alkanes of at least 4 members (excludes halogenated alkanes) is 39. The van der Waals surface area contributed by atoms with Crippen LogP contribution in [0.3, 0.4) is 0 Å². The molecule has 1 heterocycles. The number of carbonyl (C=O) groups excluding carboxylic acids is 2. The maximum Gasteiger partial charge on any atom is 0.306 e. The van der Waals surface area contributed by atoms with Crippen LogP contribution in [0.15, 0.2) is 60.8 Å². The Labute approximate surface area is 516 Å². The highest BCUT2D eigenvalue weighted by molar-refractivity contribution is 5.80. The molecule has 84 heavy (non-hydrogen) atoms. The van der Waals surface area contributed by atoms with E-state index in [1.165, 1.54) is 205 Å². The minimum absolute atomic E-state index is 0.122. The maximum absolute atomic E-state index is 13.5. The molecule has 1 aliphatic rings. The third-order valence-electron chi connectivity index (χ3n) is 16.6. The van der Waals surface area contributed by atoms with Crippen LogP contribution in [-0.2, 0) is 23.8 Å². The van der Waals surface area contributed by atoms with Crippen molar-refractivity contribution in [3.05, 3.63) is 60.8 Å². The van der Waals surface area contributed by atoms with Gasteiger partial charge >= 0.3 is 5.97 Å². The molecule has 0 aromatic heterocycles. The Bertz CT molecular complexity index is 1600. The van der Waals surface area contributed by atoms with Crippen molar-refractivity contribution in [3.63, 3.8) is 0 Å². The van der Waals surface area contributed by atoms with Gasteiger partial charge in [-0.25, -0.2) is 0 Å². The van der Waals surface area contributed by atoms with E-state index < -0.39 is 67.4 Å². The molecule has 0 bridgehead atoms. The Morgan fingerprint density at radius 1 is 0.464 bits per heavy atom. The predicted molar refractivity (Wildman–Crippen MR) is 352 cm³/mol. The van der Waals surface area contributed by atoms with Crippen LogP contribution in [0.25, 0.3) is 0 Å². The smallest absolute Gasteiger partial charge is 0.306 e. The molecule has 0 saturated carbocycles.